The molecule has 1 amide bonds. The van der Waals surface area contributed by atoms with E-state index >= 15 is 0 Å². The highest BCUT2D eigenvalue weighted by atomic mass is 32.2. The Balaban J connectivity index is 1.79. The van der Waals surface area contributed by atoms with E-state index in [1.165, 1.54) is 31.2 Å². The van der Waals surface area contributed by atoms with Gasteiger partial charge in [0.05, 0.1) is 10.9 Å². The Hall–Kier alpha value is -3.91. The fourth-order valence-corrected chi connectivity index (χ4v) is 3.53. The summed E-state index contributed by atoms with van der Waals surface area (Å²) in [6.45, 7) is 1.33. The number of nitrogens with two attached hydrogens (primary N) is 2. The van der Waals surface area contributed by atoms with Gasteiger partial charge in [0, 0.05) is 5.69 Å². The first-order chi connectivity index (χ1) is 15.0. The number of halogens is 2. The van der Waals surface area contributed by atoms with Crippen LogP contribution < -0.4 is 21.5 Å². The summed E-state index contributed by atoms with van der Waals surface area (Å²) in [5, 5.41) is 6.46. The van der Waals surface area contributed by atoms with E-state index in [4.69, 9.17) is 11.5 Å². The third-order valence-corrected chi connectivity index (χ3v) is 5.43. The molecule has 14 heteroatoms. The monoisotopic (exact) mass is 465 g/mol. The van der Waals surface area contributed by atoms with Crippen LogP contribution in [0, 0.1) is 11.6 Å². The Kier molecular flexibility index (Phi) is 6.18. The lowest BCUT2D eigenvalue weighted by atomic mass is 10.2. The lowest BCUT2D eigenvalue weighted by Crippen LogP contribution is -2.41. The van der Waals surface area contributed by atoms with E-state index in [1.807, 2.05) is 4.72 Å². The predicted octanol–water partition coefficient (Wildman–Crippen LogP) is 0.723. The molecular formula is C18H17F2N7O4S. The van der Waals surface area contributed by atoms with Crippen molar-refractivity contribution in [3.05, 3.63) is 59.7 Å². The fraction of sp³-hybridized carbons (Fsp3) is 0.111. The third-order valence-electron chi connectivity index (χ3n) is 4.07. The standard InChI is InChI=1S/C18H17F2N7O4S/c1-9(21)15(28)26-32(30,31)11-7-5-10(6-8-11)23-18-24-17(22)27(25-18)16(29)14-12(19)3-2-4-13(14)20/h2-9H,21H2,1H3,(H,26,28)(H3,22,23,24,25)/t9-/m1/s1. The summed E-state index contributed by atoms with van der Waals surface area (Å²) < 4.78 is 54.4. The molecule has 0 aliphatic carbocycles. The van der Waals surface area contributed by atoms with Crippen LogP contribution in [0.5, 0.6) is 0 Å². The second-order valence-electron chi connectivity index (χ2n) is 6.52. The van der Waals surface area contributed by atoms with Crippen LogP contribution in [0.1, 0.15) is 17.3 Å². The largest absolute Gasteiger partial charge is 0.368 e. The van der Waals surface area contributed by atoms with Crippen LogP contribution in [0.2, 0.25) is 0 Å². The smallest absolute Gasteiger partial charge is 0.287 e. The molecule has 0 bridgehead atoms. The number of rotatable bonds is 6. The van der Waals surface area contributed by atoms with Gasteiger partial charge in [0.25, 0.3) is 15.9 Å². The highest BCUT2D eigenvalue weighted by Gasteiger charge is 2.23. The fourth-order valence-electron chi connectivity index (χ4n) is 2.47. The van der Waals surface area contributed by atoms with Crippen LogP contribution in [-0.2, 0) is 14.8 Å². The minimum Gasteiger partial charge on any atom is -0.368 e. The second kappa shape index (κ2) is 8.68. The van der Waals surface area contributed by atoms with Gasteiger partial charge in [0.2, 0.25) is 17.8 Å². The van der Waals surface area contributed by atoms with Gasteiger partial charge in [-0.05, 0) is 43.3 Å². The summed E-state index contributed by atoms with van der Waals surface area (Å²) in [5.74, 6) is -4.83. The van der Waals surface area contributed by atoms with Crippen molar-refractivity contribution in [3.8, 4) is 0 Å². The number of hydrogen-bond donors (Lipinski definition) is 4. The Morgan fingerprint density at radius 1 is 1.09 bits per heavy atom. The van der Waals surface area contributed by atoms with E-state index in [-0.39, 0.29) is 10.8 Å². The lowest BCUT2D eigenvalue weighted by molar-refractivity contribution is -0.120. The summed E-state index contributed by atoms with van der Waals surface area (Å²) in [6.07, 6.45) is 0. The zero-order chi connectivity index (χ0) is 23.6. The van der Waals surface area contributed by atoms with Crippen molar-refractivity contribution >= 4 is 39.4 Å². The Morgan fingerprint density at radius 3 is 2.25 bits per heavy atom. The highest BCUT2D eigenvalue weighted by Crippen LogP contribution is 2.20. The van der Waals surface area contributed by atoms with E-state index in [1.54, 1.807) is 0 Å². The van der Waals surface area contributed by atoms with Crippen molar-refractivity contribution in [1.29, 1.82) is 0 Å². The van der Waals surface area contributed by atoms with Gasteiger partial charge < -0.3 is 16.8 Å². The molecule has 3 aromatic rings. The number of amides is 1. The molecule has 11 nitrogen and oxygen atoms in total. The molecule has 0 spiro atoms. The number of anilines is 3. The SMILES string of the molecule is C[C@@H](N)C(=O)NS(=O)(=O)c1ccc(Nc2nc(N)n(C(=O)c3c(F)cccc3F)n2)cc1. The third kappa shape index (κ3) is 4.70. The first kappa shape index (κ1) is 22.8. The van der Waals surface area contributed by atoms with Crippen LogP contribution in [-0.4, -0.2) is 41.0 Å². The van der Waals surface area contributed by atoms with E-state index in [0.717, 1.165) is 18.2 Å². The number of carbonyl (C=O) groups excluding carboxylic acids is 2. The van der Waals surface area contributed by atoms with E-state index in [9.17, 15) is 26.8 Å². The molecule has 2 aromatic carbocycles. The van der Waals surface area contributed by atoms with Gasteiger partial charge in [-0.1, -0.05) is 6.07 Å². The van der Waals surface area contributed by atoms with Crippen LogP contribution >= 0.6 is 0 Å². The number of carbonyl (C=O) groups is 2. The molecule has 6 N–H and O–H groups in total. The zero-order valence-electron chi connectivity index (χ0n) is 16.4. The van der Waals surface area contributed by atoms with E-state index in [2.05, 4.69) is 15.4 Å². The Labute approximate surface area is 180 Å². The highest BCUT2D eigenvalue weighted by molar-refractivity contribution is 7.90. The van der Waals surface area contributed by atoms with Crippen molar-refractivity contribution in [3.63, 3.8) is 0 Å². The first-order valence-electron chi connectivity index (χ1n) is 8.90. The van der Waals surface area contributed by atoms with Gasteiger partial charge in [-0.25, -0.2) is 21.9 Å². The number of benzene rings is 2. The number of sulfonamides is 1. The Bertz CT molecular complexity index is 1270. The maximum Gasteiger partial charge on any atom is 0.287 e. The summed E-state index contributed by atoms with van der Waals surface area (Å²) in [4.78, 5) is 27.6. The van der Waals surface area contributed by atoms with Gasteiger partial charge >= 0.3 is 0 Å². The summed E-state index contributed by atoms with van der Waals surface area (Å²) >= 11 is 0. The maximum atomic E-state index is 13.9. The van der Waals surface area contributed by atoms with Crippen LogP contribution in [0.4, 0.5) is 26.4 Å². The molecule has 1 atom stereocenters. The number of nitrogens with one attached hydrogen (secondary N) is 2. The predicted molar refractivity (Wildman–Crippen MR) is 109 cm³/mol. The molecule has 168 valence electrons. The van der Waals surface area contributed by atoms with Crippen molar-refractivity contribution in [1.82, 2.24) is 19.5 Å². The molecule has 1 aromatic heterocycles. The van der Waals surface area contributed by atoms with Crippen LogP contribution in [0.15, 0.2) is 47.4 Å². The molecule has 0 saturated carbocycles. The average molecular weight is 465 g/mol. The normalized spacial score (nSPS) is 12.2. The molecule has 1 heterocycles. The number of nitrogen functional groups attached to an aromatic ring is 1. The summed E-state index contributed by atoms with van der Waals surface area (Å²) in [7, 11) is -4.13. The second-order valence-corrected chi connectivity index (χ2v) is 8.20. The summed E-state index contributed by atoms with van der Waals surface area (Å²) in [6, 6.07) is 6.96. The zero-order valence-corrected chi connectivity index (χ0v) is 17.2. The van der Waals surface area contributed by atoms with Gasteiger partial charge in [-0.15, -0.1) is 5.10 Å². The van der Waals surface area contributed by atoms with Crippen molar-refractivity contribution in [2.75, 3.05) is 11.1 Å². The molecule has 0 aliphatic rings. The molecule has 0 saturated heterocycles. The molecule has 0 aliphatic heterocycles. The van der Waals surface area contributed by atoms with Crippen molar-refractivity contribution < 1.29 is 26.8 Å². The Morgan fingerprint density at radius 2 is 1.69 bits per heavy atom. The quantitative estimate of drug-likeness (QED) is 0.409. The molecule has 0 fully saturated rings. The van der Waals surface area contributed by atoms with E-state index in [0.29, 0.717) is 10.4 Å². The summed E-state index contributed by atoms with van der Waals surface area (Å²) in [5.41, 5.74) is 10.4. The van der Waals surface area contributed by atoms with Gasteiger partial charge in [-0.2, -0.15) is 9.67 Å². The number of hydrogen-bond acceptors (Lipinski definition) is 9. The number of aromatic nitrogens is 3. The van der Waals surface area contributed by atoms with Crippen LogP contribution in [0.25, 0.3) is 0 Å². The molecule has 32 heavy (non-hydrogen) atoms. The average Bonchev–Trinajstić information content (AvgIpc) is 3.07. The minimum atomic E-state index is -4.13. The first-order valence-corrected chi connectivity index (χ1v) is 10.4. The molecule has 0 radical (unpaired) electrons. The molecular weight excluding hydrogens is 448 g/mol. The lowest BCUT2D eigenvalue weighted by Gasteiger charge is -2.09. The van der Waals surface area contributed by atoms with Gasteiger partial charge in [-0.3, -0.25) is 9.59 Å². The topological polar surface area (TPSA) is 175 Å². The van der Waals surface area contributed by atoms with Crippen molar-refractivity contribution in [2.45, 2.75) is 17.9 Å². The van der Waals surface area contributed by atoms with E-state index < -0.39 is 51.0 Å². The van der Waals surface area contributed by atoms with Crippen molar-refractivity contribution in [2.24, 2.45) is 5.73 Å². The van der Waals surface area contributed by atoms with Gasteiger partial charge in [0.15, 0.2) is 0 Å². The van der Waals surface area contributed by atoms with Gasteiger partial charge in [0.1, 0.15) is 17.2 Å². The maximum absolute atomic E-state index is 13.9. The molecule has 3 rings (SSSR count). The molecule has 0 unspecified atom stereocenters. The number of nitrogens with zero attached hydrogens (tertiary/aromatic N) is 3. The van der Waals surface area contributed by atoms with Crippen LogP contribution in [0.3, 0.4) is 0 Å². The minimum absolute atomic E-state index is 0.187.